The molecule has 10 nitrogen and oxygen atoms in total. The second-order valence-corrected chi connectivity index (χ2v) is 8.55. The van der Waals surface area contributed by atoms with Crippen LogP contribution in [0.1, 0.15) is 52.9 Å². The van der Waals surface area contributed by atoms with Crippen LogP contribution in [0.5, 0.6) is 0 Å². The van der Waals surface area contributed by atoms with Crippen molar-refractivity contribution in [2.24, 2.45) is 17.6 Å². The number of nitrogens with two attached hydrogens (primary N) is 1. The van der Waals surface area contributed by atoms with Gasteiger partial charge in [-0.25, -0.2) is 0 Å². The minimum atomic E-state index is -0.701. The monoisotopic (exact) mass is 467 g/mol. The molecular formula is C23H37N3O7. The Morgan fingerprint density at radius 1 is 1.09 bits per heavy atom. The van der Waals surface area contributed by atoms with Gasteiger partial charge in [-0.05, 0) is 19.3 Å². The summed E-state index contributed by atoms with van der Waals surface area (Å²) in [5.41, 5.74) is 5.92. The van der Waals surface area contributed by atoms with E-state index in [4.69, 9.17) is 15.2 Å². The van der Waals surface area contributed by atoms with Crippen molar-refractivity contribution >= 4 is 29.4 Å². The molecule has 1 heterocycles. The Hall–Kier alpha value is -2.59. The van der Waals surface area contributed by atoms with Crippen molar-refractivity contribution in [2.75, 3.05) is 33.0 Å². The molecule has 0 radical (unpaired) electrons. The molecule has 0 spiro atoms. The van der Waals surface area contributed by atoms with Crippen molar-refractivity contribution in [3.05, 3.63) is 12.2 Å². The molecule has 0 bridgehead atoms. The van der Waals surface area contributed by atoms with Gasteiger partial charge < -0.3 is 20.5 Å². The van der Waals surface area contributed by atoms with E-state index in [0.29, 0.717) is 38.2 Å². The van der Waals surface area contributed by atoms with E-state index in [-0.39, 0.29) is 61.8 Å². The zero-order chi connectivity index (χ0) is 25.0. The van der Waals surface area contributed by atoms with Gasteiger partial charge in [0.05, 0.1) is 25.7 Å². The summed E-state index contributed by atoms with van der Waals surface area (Å²) in [4.78, 5) is 60.4. The van der Waals surface area contributed by atoms with Crippen LogP contribution in [0, 0.1) is 11.8 Å². The van der Waals surface area contributed by atoms with E-state index in [9.17, 15) is 24.0 Å². The number of carbonyl (C=O) groups excluding carboxylic acids is 5. The number of nitrogens with zero attached hydrogens (tertiary/aromatic N) is 1. The topological polar surface area (TPSA) is 145 Å². The molecule has 0 aromatic carbocycles. The third-order valence-corrected chi connectivity index (χ3v) is 5.33. The average Bonchev–Trinajstić information content (AvgIpc) is 3.02. The third-order valence-electron chi connectivity index (χ3n) is 5.33. The van der Waals surface area contributed by atoms with E-state index >= 15 is 0 Å². The van der Waals surface area contributed by atoms with E-state index in [2.05, 4.69) is 11.9 Å². The zero-order valence-corrected chi connectivity index (χ0v) is 19.9. The maximum Gasteiger partial charge on any atom is 0.240 e. The van der Waals surface area contributed by atoms with Gasteiger partial charge in [-0.15, -0.1) is 0 Å². The van der Waals surface area contributed by atoms with Crippen LogP contribution in [0.4, 0.5) is 0 Å². The summed E-state index contributed by atoms with van der Waals surface area (Å²) in [5.74, 6) is -1.99. The minimum Gasteiger partial charge on any atom is -0.379 e. The molecule has 1 saturated heterocycles. The molecular weight excluding hydrogens is 430 g/mol. The van der Waals surface area contributed by atoms with Gasteiger partial charge in [0.15, 0.2) is 0 Å². The summed E-state index contributed by atoms with van der Waals surface area (Å²) < 4.78 is 10.7. The average molecular weight is 468 g/mol. The first-order valence-corrected chi connectivity index (χ1v) is 11.3. The first-order valence-electron chi connectivity index (χ1n) is 11.3. The number of hydrogen-bond acceptors (Lipinski definition) is 7. The highest BCUT2D eigenvalue weighted by molar-refractivity contribution is 6.05. The van der Waals surface area contributed by atoms with E-state index < -0.39 is 17.9 Å². The van der Waals surface area contributed by atoms with E-state index in [1.165, 1.54) is 0 Å². The summed E-state index contributed by atoms with van der Waals surface area (Å²) in [5, 5.41) is 2.58. The number of primary amides is 1. The standard InChI is InChI=1S/C23H37N3O7/c1-15(2)18-14-20(29)26(23(18)31)9-7-17(27)6-5-10-32-12-13-33-11-8-19(28)25-21(16(3)4)22(24)30/h16,18,21H,1,5-14H2,2-4H3,(H2,24,30)(H,25,28). The number of nitrogens with one attached hydrogen (secondary N) is 1. The van der Waals surface area contributed by atoms with Gasteiger partial charge in [-0.3, -0.25) is 28.9 Å². The molecule has 0 aromatic rings. The number of amides is 4. The summed E-state index contributed by atoms with van der Waals surface area (Å²) in [6.45, 7) is 10.4. The number of rotatable bonds is 17. The Balaban J connectivity index is 2.05. The van der Waals surface area contributed by atoms with Crippen molar-refractivity contribution in [1.29, 1.82) is 0 Å². The normalized spacial score (nSPS) is 16.8. The predicted molar refractivity (Wildman–Crippen MR) is 121 cm³/mol. The largest absolute Gasteiger partial charge is 0.379 e. The van der Waals surface area contributed by atoms with Crippen LogP contribution in [0.25, 0.3) is 0 Å². The van der Waals surface area contributed by atoms with Gasteiger partial charge in [-0.2, -0.15) is 0 Å². The predicted octanol–water partition coefficient (Wildman–Crippen LogP) is 0.726. The fourth-order valence-electron chi connectivity index (χ4n) is 3.33. The van der Waals surface area contributed by atoms with E-state index in [0.717, 1.165) is 4.90 Å². The van der Waals surface area contributed by atoms with Crippen LogP contribution in [-0.4, -0.2) is 73.3 Å². The van der Waals surface area contributed by atoms with Crippen LogP contribution in [-0.2, 0) is 33.4 Å². The lowest BCUT2D eigenvalue weighted by molar-refractivity contribution is -0.139. The van der Waals surface area contributed by atoms with Crippen molar-refractivity contribution in [3.63, 3.8) is 0 Å². The molecule has 1 aliphatic rings. The first-order chi connectivity index (χ1) is 15.5. The van der Waals surface area contributed by atoms with Gasteiger partial charge in [-0.1, -0.05) is 26.0 Å². The molecule has 4 amide bonds. The van der Waals surface area contributed by atoms with Crippen LogP contribution < -0.4 is 11.1 Å². The van der Waals surface area contributed by atoms with Gasteiger partial charge in [0, 0.05) is 38.8 Å². The van der Waals surface area contributed by atoms with Crippen LogP contribution in [0.2, 0.25) is 0 Å². The lowest BCUT2D eigenvalue weighted by atomic mass is 10.0. The first kappa shape index (κ1) is 28.4. The number of ketones is 1. The Morgan fingerprint density at radius 3 is 2.27 bits per heavy atom. The van der Waals surface area contributed by atoms with Crippen LogP contribution in [0.15, 0.2) is 12.2 Å². The second kappa shape index (κ2) is 14.5. The molecule has 0 saturated carbocycles. The van der Waals surface area contributed by atoms with E-state index in [1.807, 2.05) is 0 Å². The lowest BCUT2D eigenvalue weighted by Gasteiger charge is -2.18. The van der Waals surface area contributed by atoms with Gasteiger partial charge in [0.2, 0.25) is 23.6 Å². The fraction of sp³-hybridized carbons (Fsp3) is 0.696. The summed E-state index contributed by atoms with van der Waals surface area (Å²) in [7, 11) is 0. The summed E-state index contributed by atoms with van der Waals surface area (Å²) >= 11 is 0. The molecule has 2 unspecified atom stereocenters. The maximum atomic E-state index is 12.2. The highest BCUT2D eigenvalue weighted by atomic mass is 16.5. The molecule has 186 valence electrons. The number of likely N-dealkylation sites (tertiary alicyclic amines) is 1. The van der Waals surface area contributed by atoms with Gasteiger partial charge in [0.25, 0.3) is 0 Å². The quantitative estimate of drug-likeness (QED) is 0.182. The van der Waals surface area contributed by atoms with Crippen LogP contribution >= 0.6 is 0 Å². The molecule has 2 atom stereocenters. The van der Waals surface area contributed by atoms with E-state index in [1.54, 1.807) is 20.8 Å². The molecule has 0 aliphatic carbocycles. The van der Waals surface area contributed by atoms with Crippen molar-refractivity contribution in [1.82, 2.24) is 10.2 Å². The molecule has 0 aromatic heterocycles. The Morgan fingerprint density at radius 2 is 1.73 bits per heavy atom. The molecule has 1 aliphatic heterocycles. The Bertz CT molecular complexity index is 736. The molecule has 1 fully saturated rings. The smallest absolute Gasteiger partial charge is 0.240 e. The van der Waals surface area contributed by atoms with Gasteiger partial charge in [0.1, 0.15) is 11.8 Å². The summed E-state index contributed by atoms with van der Waals surface area (Å²) in [6.07, 6.45) is 1.22. The minimum absolute atomic E-state index is 0.0316. The molecule has 33 heavy (non-hydrogen) atoms. The number of Topliss-reactive ketones (excluding diaryl/α,β-unsaturated/α-hetero) is 1. The molecule has 1 rings (SSSR count). The molecule has 3 N–H and O–H groups in total. The number of carbonyl (C=O) groups is 5. The third kappa shape index (κ3) is 10.3. The summed E-state index contributed by atoms with van der Waals surface area (Å²) in [6, 6.07) is -0.701. The highest BCUT2D eigenvalue weighted by Crippen LogP contribution is 2.25. The van der Waals surface area contributed by atoms with Gasteiger partial charge >= 0.3 is 0 Å². The van der Waals surface area contributed by atoms with Crippen molar-refractivity contribution < 1.29 is 33.4 Å². The Kier molecular flexibility index (Phi) is 12.5. The van der Waals surface area contributed by atoms with Crippen molar-refractivity contribution in [2.45, 2.75) is 58.9 Å². The zero-order valence-electron chi connectivity index (χ0n) is 19.9. The molecule has 10 heteroatoms. The number of imide groups is 1. The number of hydrogen-bond donors (Lipinski definition) is 2. The highest BCUT2D eigenvalue weighted by Gasteiger charge is 2.38. The Labute approximate surface area is 195 Å². The fourth-order valence-corrected chi connectivity index (χ4v) is 3.33. The second-order valence-electron chi connectivity index (χ2n) is 8.55. The maximum absolute atomic E-state index is 12.2. The van der Waals surface area contributed by atoms with Crippen molar-refractivity contribution in [3.8, 4) is 0 Å². The number of ether oxygens (including phenoxy) is 2. The van der Waals surface area contributed by atoms with Crippen LogP contribution in [0.3, 0.4) is 0 Å². The SMILES string of the molecule is C=C(C)C1CC(=O)N(CCC(=O)CCCOCCOCCC(=O)NC(C(N)=O)C(C)C)C1=O. The lowest BCUT2D eigenvalue weighted by Crippen LogP contribution is -2.47.